The molecule has 1 aliphatic rings. The quantitative estimate of drug-likeness (QED) is 0.816. The number of amides is 1. The third-order valence-corrected chi connectivity index (χ3v) is 4.81. The molecule has 1 heterocycles. The molecule has 1 unspecified atom stereocenters. The van der Waals surface area contributed by atoms with Gasteiger partial charge in [0.05, 0.1) is 5.02 Å². The Kier molecular flexibility index (Phi) is 5.22. The van der Waals surface area contributed by atoms with E-state index in [1.165, 1.54) is 0 Å². The van der Waals surface area contributed by atoms with Gasteiger partial charge in [-0.25, -0.2) is 0 Å². The molecule has 1 saturated heterocycles. The van der Waals surface area contributed by atoms with Gasteiger partial charge in [0.15, 0.2) is 0 Å². The minimum atomic E-state index is -0.0367. The summed E-state index contributed by atoms with van der Waals surface area (Å²) in [6.45, 7) is 2.29. The molecule has 1 amide bonds. The maximum Gasteiger partial charge on any atom is 0.254 e. The van der Waals surface area contributed by atoms with E-state index in [1.54, 1.807) is 25.1 Å². The number of benzene rings is 1. The number of piperidine rings is 1. The zero-order valence-corrected chi connectivity index (χ0v) is 13.7. The van der Waals surface area contributed by atoms with Crippen LogP contribution in [0.3, 0.4) is 0 Å². The summed E-state index contributed by atoms with van der Waals surface area (Å²) in [5, 5.41) is 0.524. The van der Waals surface area contributed by atoms with Crippen LogP contribution in [-0.2, 0) is 4.79 Å². The van der Waals surface area contributed by atoms with Crippen molar-refractivity contribution in [1.82, 2.24) is 4.90 Å². The van der Waals surface area contributed by atoms with Crippen molar-refractivity contribution >= 4 is 39.2 Å². The van der Waals surface area contributed by atoms with Gasteiger partial charge in [0.2, 0.25) is 0 Å². The summed E-state index contributed by atoms with van der Waals surface area (Å²) < 4.78 is 0.773. The molecule has 1 aliphatic heterocycles. The van der Waals surface area contributed by atoms with Crippen LogP contribution in [0.4, 0.5) is 0 Å². The molecule has 1 aromatic rings. The Hall–Kier alpha value is -0.870. The lowest BCUT2D eigenvalue weighted by Gasteiger charge is -2.35. The average molecular weight is 359 g/mol. The first-order valence-electron chi connectivity index (χ1n) is 6.74. The summed E-state index contributed by atoms with van der Waals surface area (Å²) in [5.41, 5.74) is 0.577. The minimum Gasteiger partial charge on any atom is -0.335 e. The van der Waals surface area contributed by atoms with E-state index in [2.05, 4.69) is 15.9 Å². The van der Waals surface area contributed by atoms with Gasteiger partial charge >= 0.3 is 0 Å². The molecule has 5 heteroatoms. The molecule has 1 atom stereocenters. The number of carbonyl (C=O) groups is 2. The number of halogens is 2. The SMILES string of the molecule is CC(=O)CC1CCCCN1C(=O)c1ccc(Br)c(Cl)c1. The van der Waals surface area contributed by atoms with Crippen molar-refractivity contribution < 1.29 is 9.59 Å². The van der Waals surface area contributed by atoms with E-state index in [9.17, 15) is 9.59 Å². The third-order valence-electron chi connectivity index (χ3n) is 3.58. The van der Waals surface area contributed by atoms with E-state index in [-0.39, 0.29) is 17.7 Å². The lowest BCUT2D eigenvalue weighted by molar-refractivity contribution is -0.118. The van der Waals surface area contributed by atoms with Gasteiger partial charge in [0.25, 0.3) is 5.91 Å². The molecule has 108 valence electrons. The van der Waals surface area contributed by atoms with E-state index in [0.717, 1.165) is 23.7 Å². The highest BCUT2D eigenvalue weighted by Crippen LogP contribution is 2.26. The maximum absolute atomic E-state index is 12.6. The fourth-order valence-electron chi connectivity index (χ4n) is 2.61. The summed E-state index contributed by atoms with van der Waals surface area (Å²) in [4.78, 5) is 25.8. The van der Waals surface area contributed by atoms with Crippen LogP contribution in [0.2, 0.25) is 5.02 Å². The van der Waals surface area contributed by atoms with Crippen LogP contribution in [-0.4, -0.2) is 29.2 Å². The molecule has 0 spiro atoms. The van der Waals surface area contributed by atoms with E-state index in [0.29, 0.717) is 23.6 Å². The first-order chi connectivity index (χ1) is 9.49. The van der Waals surface area contributed by atoms with Gasteiger partial charge in [0.1, 0.15) is 5.78 Å². The van der Waals surface area contributed by atoms with Crippen LogP contribution >= 0.6 is 27.5 Å². The van der Waals surface area contributed by atoms with Crippen LogP contribution in [0.25, 0.3) is 0 Å². The highest BCUT2D eigenvalue weighted by molar-refractivity contribution is 9.10. The summed E-state index contributed by atoms with van der Waals surface area (Å²) in [5.74, 6) is 0.0916. The normalized spacial score (nSPS) is 18.9. The standard InChI is InChI=1S/C15H17BrClNO2/c1-10(19)8-12-4-2-3-7-18(12)15(20)11-5-6-13(16)14(17)9-11/h5-6,9,12H,2-4,7-8H2,1H3. The van der Waals surface area contributed by atoms with E-state index < -0.39 is 0 Å². The van der Waals surface area contributed by atoms with Crippen molar-refractivity contribution in [3.63, 3.8) is 0 Å². The molecule has 1 aromatic carbocycles. The van der Waals surface area contributed by atoms with Crippen molar-refractivity contribution in [2.24, 2.45) is 0 Å². The van der Waals surface area contributed by atoms with E-state index in [1.807, 2.05) is 4.90 Å². The molecule has 2 rings (SSSR count). The largest absolute Gasteiger partial charge is 0.335 e. The number of ketones is 1. The molecule has 0 N–H and O–H groups in total. The predicted molar refractivity (Wildman–Crippen MR) is 83.1 cm³/mol. The Morgan fingerprint density at radius 1 is 1.40 bits per heavy atom. The number of carbonyl (C=O) groups excluding carboxylic acids is 2. The third kappa shape index (κ3) is 3.61. The number of likely N-dealkylation sites (tertiary alicyclic amines) is 1. The molecule has 20 heavy (non-hydrogen) atoms. The number of hydrogen-bond acceptors (Lipinski definition) is 2. The first-order valence-corrected chi connectivity index (χ1v) is 7.91. The molecular formula is C15H17BrClNO2. The van der Waals surface area contributed by atoms with Gasteiger partial charge in [-0.15, -0.1) is 0 Å². The summed E-state index contributed by atoms with van der Waals surface area (Å²) >= 11 is 9.36. The van der Waals surface area contributed by atoms with Gasteiger partial charge in [-0.2, -0.15) is 0 Å². The fraction of sp³-hybridized carbons (Fsp3) is 0.467. The maximum atomic E-state index is 12.6. The molecule has 0 aliphatic carbocycles. The molecule has 0 radical (unpaired) electrons. The highest BCUT2D eigenvalue weighted by atomic mass is 79.9. The summed E-state index contributed by atoms with van der Waals surface area (Å²) in [7, 11) is 0. The Balaban J connectivity index is 2.20. The monoisotopic (exact) mass is 357 g/mol. The number of hydrogen-bond donors (Lipinski definition) is 0. The second-order valence-electron chi connectivity index (χ2n) is 5.18. The van der Waals surface area contributed by atoms with Crippen LogP contribution < -0.4 is 0 Å². The summed E-state index contributed by atoms with van der Waals surface area (Å²) in [6, 6.07) is 5.24. The number of Topliss-reactive ketones (excluding diaryl/α,β-unsaturated/α-hetero) is 1. The Morgan fingerprint density at radius 3 is 2.80 bits per heavy atom. The highest BCUT2D eigenvalue weighted by Gasteiger charge is 2.28. The van der Waals surface area contributed by atoms with Crippen LogP contribution in [0.5, 0.6) is 0 Å². The van der Waals surface area contributed by atoms with Gasteiger partial charge in [-0.05, 0) is 60.3 Å². The van der Waals surface area contributed by atoms with Gasteiger partial charge < -0.3 is 4.90 Å². The van der Waals surface area contributed by atoms with Crippen molar-refractivity contribution in [1.29, 1.82) is 0 Å². The average Bonchev–Trinajstić information content (AvgIpc) is 2.41. The lowest BCUT2D eigenvalue weighted by atomic mass is 9.97. The molecule has 3 nitrogen and oxygen atoms in total. The van der Waals surface area contributed by atoms with Gasteiger partial charge in [-0.1, -0.05) is 11.6 Å². The molecular weight excluding hydrogens is 342 g/mol. The number of nitrogens with zero attached hydrogens (tertiary/aromatic N) is 1. The molecule has 1 fully saturated rings. The van der Waals surface area contributed by atoms with Crippen molar-refractivity contribution in [3.8, 4) is 0 Å². The van der Waals surface area contributed by atoms with Crippen molar-refractivity contribution in [2.75, 3.05) is 6.54 Å². The smallest absolute Gasteiger partial charge is 0.254 e. The van der Waals surface area contributed by atoms with Gasteiger partial charge in [-0.3, -0.25) is 9.59 Å². The zero-order chi connectivity index (χ0) is 14.7. The second-order valence-corrected chi connectivity index (χ2v) is 6.44. The molecule has 0 saturated carbocycles. The van der Waals surface area contributed by atoms with E-state index in [4.69, 9.17) is 11.6 Å². The Bertz CT molecular complexity index is 533. The first kappa shape index (κ1) is 15.5. The van der Waals surface area contributed by atoms with Crippen molar-refractivity contribution in [3.05, 3.63) is 33.3 Å². The van der Waals surface area contributed by atoms with Crippen molar-refractivity contribution in [2.45, 2.75) is 38.6 Å². The zero-order valence-electron chi connectivity index (χ0n) is 11.4. The molecule has 0 bridgehead atoms. The van der Waals surface area contributed by atoms with Crippen LogP contribution in [0.1, 0.15) is 43.0 Å². The van der Waals surface area contributed by atoms with Gasteiger partial charge in [0, 0.05) is 29.0 Å². The minimum absolute atomic E-state index is 0.0242. The Labute approximate surface area is 132 Å². The fourth-order valence-corrected chi connectivity index (χ4v) is 3.03. The second kappa shape index (κ2) is 6.72. The van der Waals surface area contributed by atoms with Crippen LogP contribution in [0.15, 0.2) is 22.7 Å². The molecule has 0 aromatic heterocycles. The predicted octanol–water partition coefficient (Wildman–Crippen LogP) is 4.08. The van der Waals surface area contributed by atoms with Crippen LogP contribution in [0, 0.1) is 0 Å². The topological polar surface area (TPSA) is 37.4 Å². The lowest BCUT2D eigenvalue weighted by Crippen LogP contribution is -2.44. The number of rotatable bonds is 3. The van der Waals surface area contributed by atoms with E-state index >= 15 is 0 Å². The Morgan fingerprint density at radius 2 is 2.15 bits per heavy atom. The summed E-state index contributed by atoms with van der Waals surface area (Å²) in [6.07, 6.45) is 3.40.